The first-order valence-electron chi connectivity index (χ1n) is 7.52. The Kier molecular flexibility index (Phi) is 5.01. The van der Waals surface area contributed by atoms with Gasteiger partial charge in [-0.3, -0.25) is 4.79 Å². The minimum absolute atomic E-state index is 0.148. The molecule has 0 atom stereocenters. The zero-order valence-corrected chi connectivity index (χ0v) is 15.3. The molecular weight excluding hydrogens is 388 g/mol. The summed E-state index contributed by atoms with van der Waals surface area (Å²) in [6.07, 6.45) is 1.68. The summed E-state index contributed by atoms with van der Waals surface area (Å²) in [7, 11) is 1.41. The number of methoxy groups -OCH3 is 1. The summed E-state index contributed by atoms with van der Waals surface area (Å²) in [5.41, 5.74) is 1.88. The minimum Gasteiger partial charge on any atom is -0.452 e. The molecule has 0 fully saturated rings. The van der Waals surface area contributed by atoms with E-state index < -0.39 is 5.97 Å². The lowest BCUT2D eigenvalue weighted by molar-refractivity contribution is -0.138. The predicted molar refractivity (Wildman–Crippen MR) is 95.8 cm³/mol. The van der Waals surface area contributed by atoms with Crippen molar-refractivity contribution in [2.24, 2.45) is 0 Å². The molecule has 0 unspecified atom stereocenters. The number of rotatable bonds is 4. The molecule has 2 aromatic rings. The number of ether oxygens (including phenoxy) is 3. The number of halogens is 1. The van der Waals surface area contributed by atoms with Crippen LogP contribution in [0.2, 0.25) is 0 Å². The van der Waals surface area contributed by atoms with E-state index in [0.717, 1.165) is 10.0 Å². The fraction of sp³-hybridized carbons (Fsp3) is 0.158. The zero-order chi connectivity index (χ0) is 18.0. The first kappa shape index (κ1) is 17.4. The number of ketones is 1. The van der Waals surface area contributed by atoms with Crippen molar-refractivity contribution in [3.8, 4) is 11.5 Å². The minimum atomic E-state index is -0.514. The highest BCUT2D eigenvalue weighted by Crippen LogP contribution is 2.39. The van der Waals surface area contributed by atoms with Crippen LogP contribution in [0.5, 0.6) is 11.5 Å². The molecule has 1 aliphatic rings. The second kappa shape index (κ2) is 7.21. The molecule has 25 heavy (non-hydrogen) atoms. The molecule has 0 spiro atoms. The number of allylic oxidation sites excluding steroid dienone is 1. The monoisotopic (exact) mass is 402 g/mol. The second-order valence-electron chi connectivity index (χ2n) is 5.47. The van der Waals surface area contributed by atoms with Gasteiger partial charge in [-0.2, -0.15) is 0 Å². The van der Waals surface area contributed by atoms with Crippen molar-refractivity contribution in [2.45, 2.75) is 6.92 Å². The Morgan fingerprint density at radius 1 is 1.28 bits per heavy atom. The highest BCUT2D eigenvalue weighted by atomic mass is 79.9. The average molecular weight is 403 g/mol. The van der Waals surface area contributed by atoms with Crippen molar-refractivity contribution in [3.05, 3.63) is 63.3 Å². The average Bonchev–Trinajstić information content (AvgIpc) is 2.88. The highest BCUT2D eigenvalue weighted by molar-refractivity contribution is 9.10. The van der Waals surface area contributed by atoms with Crippen molar-refractivity contribution in [1.82, 2.24) is 0 Å². The van der Waals surface area contributed by atoms with Gasteiger partial charge < -0.3 is 14.2 Å². The first-order chi connectivity index (χ1) is 12.0. The lowest BCUT2D eigenvalue weighted by Crippen LogP contribution is -2.14. The topological polar surface area (TPSA) is 61.8 Å². The number of carbonyl (C=O) groups excluding carboxylic acids is 2. The van der Waals surface area contributed by atoms with Gasteiger partial charge in [0, 0.05) is 17.1 Å². The third kappa shape index (κ3) is 3.65. The van der Waals surface area contributed by atoms with Gasteiger partial charge >= 0.3 is 5.97 Å². The fourth-order valence-corrected chi connectivity index (χ4v) is 2.91. The van der Waals surface area contributed by atoms with Gasteiger partial charge in [0.25, 0.3) is 0 Å². The van der Waals surface area contributed by atoms with Crippen molar-refractivity contribution in [3.63, 3.8) is 0 Å². The van der Waals surface area contributed by atoms with E-state index in [1.54, 1.807) is 25.1 Å². The van der Waals surface area contributed by atoms with Crippen LogP contribution >= 0.6 is 15.9 Å². The van der Waals surface area contributed by atoms with E-state index in [0.29, 0.717) is 22.6 Å². The van der Waals surface area contributed by atoms with Crippen molar-refractivity contribution in [2.75, 3.05) is 13.7 Å². The van der Waals surface area contributed by atoms with Gasteiger partial charge in [0.15, 0.2) is 5.76 Å². The maximum atomic E-state index is 12.5. The van der Waals surface area contributed by atoms with Crippen molar-refractivity contribution >= 4 is 33.8 Å². The summed E-state index contributed by atoms with van der Waals surface area (Å²) in [5, 5.41) is 0. The maximum absolute atomic E-state index is 12.5. The van der Waals surface area contributed by atoms with E-state index in [4.69, 9.17) is 14.2 Å². The zero-order valence-electron chi connectivity index (χ0n) is 13.7. The molecule has 128 valence electrons. The summed E-state index contributed by atoms with van der Waals surface area (Å²) in [4.78, 5) is 24.1. The molecule has 1 heterocycles. The van der Waals surface area contributed by atoms with Crippen LogP contribution < -0.4 is 9.47 Å². The van der Waals surface area contributed by atoms with Crippen LogP contribution in [-0.2, 0) is 9.53 Å². The van der Waals surface area contributed by atoms with E-state index in [9.17, 15) is 9.59 Å². The van der Waals surface area contributed by atoms with Crippen LogP contribution in [0.3, 0.4) is 0 Å². The summed E-state index contributed by atoms with van der Waals surface area (Å²) >= 11 is 3.40. The van der Waals surface area contributed by atoms with Crippen LogP contribution in [0.4, 0.5) is 0 Å². The standard InChI is InChI=1S/C19H15BrO5/c1-11-15(24-17(21)10-23-2)7-6-14-18(22)16(25-19(11)14)9-12-4-3-5-13(20)8-12/h3-9H,10H2,1-2H3/b16-9-. The van der Waals surface area contributed by atoms with Crippen LogP contribution in [0, 0.1) is 6.92 Å². The molecule has 3 rings (SSSR count). The van der Waals surface area contributed by atoms with Gasteiger partial charge in [-0.15, -0.1) is 0 Å². The third-order valence-electron chi connectivity index (χ3n) is 3.67. The lowest BCUT2D eigenvalue weighted by Gasteiger charge is -2.09. The molecule has 0 bridgehead atoms. The first-order valence-corrected chi connectivity index (χ1v) is 8.32. The van der Waals surface area contributed by atoms with E-state index in [-0.39, 0.29) is 18.1 Å². The van der Waals surface area contributed by atoms with E-state index >= 15 is 0 Å². The lowest BCUT2D eigenvalue weighted by atomic mass is 10.1. The molecule has 0 saturated carbocycles. The highest BCUT2D eigenvalue weighted by Gasteiger charge is 2.30. The molecule has 0 radical (unpaired) electrons. The van der Waals surface area contributed by atoms with Gasteiger partial charge in [-0.05, 0) is 42.8 Å². The van der Waals surface area contributed by atoms with Gasteiger partial charge in [0.05, 0.1) is 5.56 Å². The predicted octanol–water partition coefficient (Wildman–Crippen LogP) is 3.93. The molecule has 5 nitrogen and oxygen atoms in total. The molecule has 0 aliphatic carbocycles. The van der Waals surface area contributed by atoms with E-state index in [2.05, 4.69) is 15.9 Å². The fourth-order valence-electron chi connectivity index (χ4n) is 2.50. The SMILES string of the molecule is COCC(=O)Oc1ccc2c(c1C)O/C(=C\c1cccc(Br)c1)C2=O. The normalized spacial score (nSPS) is 14.4. The Balaban J connectivity index is 1.91. The van der Waals surface area contributed by atoms with Crippen molar-refractivity contribution in [1.29, 1.82) is 0 Å². The van der Waals surface area contributed by atoms with Crippen LogP contribution in [-0.4, -0.2) is 25.5 Å². The molecule has 0 amide bonds. The number of Topliss-reactive ketones (excluding diaryl/α,β-unsaturated/α-hetero) is 1. The molecule has 1 aliphatic heterocycles. The van der Waals surface area contributed by atoms with Gasteiger partial charge in [-0.1, -0.05) is 28.1 Å². The summed E-state index contributed by atoms with van der Waals surface area (Å²) < 4.78 is 16.6. The van der Waals surface area contributed by atoms with Crippen molar-refractivity contribution < 1.29 is 23.8 Å². The Morgan fingerprint density at radius 3 is 2.80 bits per heavy atom. The molecule has 2 aromatic carbocycles. The number of hydrogen-bond donors (Lipinski definition) is 0. The van der Waals surface area contributed by atoms with Crippen LogP contribution in [0.25, 0.3) is 6.08 Å². The third-order valence-corrected chi connectivity index (χ3v) is 4.16. The van der Waals surface area contributed by atoms with E-state index in [1.165, 1.54) is 7.11 Å². The maximum Gasteiger partial charge on any atom is 0.337 e. The largest absolute Gasteiger partial charge is 0.452 e. The van der Waals surface area contributed by atoms with E-state index in [1.807, 2.05) is 24.3 Å². The number of benzene rings is 2. The van der Waals surface area contributed by atoms with Gasteiger partial charge in [0.2, 0.25) is 5.78 Å². The Morgan fingerprint density at radius 2 is 2.08 bits per heavy atom. The number of esters is 1. The molecular formula is C19H15BrO5. The van der Waals surface area contributed by atoms with Crippen LogP contribution in [0.1, 0.15) is 21.5 Å². The molecule has 0 aromatic heterocycles. The Labute approximate surface area is 153 Å². The molecule has 6 heteroatoms. The van der Waals surface area contributed by atoms with Gasteiger partial charge in [0.1, 0.15) is 18.1 Å². The quantitative estimate of drug-likeness (QED) is 0.440. The van der Waals surface area contributed by atoms with Crippen LogP contribution in [0.15, 0.2) is 46.6 Å². The summed E-state index contributed by atoms with van der Waals surface area (Å²) in [6.45, 7) is 1.59. The number of fused-ring (bicyclic) bond motifs is 1. The number of carbonyl (C=O) groups is 2. The summed E-state index contributed by atoms with van der Waals surface area (Å²) in [5.74, 6) is 0.274. The number of hydrogen-bond acceptors (Lipinski definition) is 5. The smallest absolute Gasteiger partial charge is 0.337 e. The Bertz CT molecular complexity index is 885. The van der Waals surface area contributed by atoms with Gasteiger partial charge in [-0.25, -0.2) is 4.79 Å². The summed E-state index contributed by atoms with van der Waals surface area (Å²) in [6, 6.07) is 10.7. The Hall–Kier alpha value is -2.44. The molecule has 0 N–H and O–H groups in total. The second-order valence-corrected chi connectivity index (χ2v) is 6.38. The molecule has 0 saturated heterocycles.